The van der Waals surface area contributed by atoms with Crippen LogP contribution in [0, 0.1) is 17.3 Å². The zero-order chi connectivity index (χ0) is 14.6. The summed E-state index contributed by atoms with van der Waals surface area (Å²) < 4.78 is 5.67. The Kier molecular flexibility index (Phi) is 5.88. The highest BCUT2D eigenvalue weighted by Gasteiger charge is 2.40. The number of rotatable bonds is 5. The van der Waals surface area contributed by atoms with Gasteiger partial charge in [-0.15, -0.1) is 0 Å². The molecule has 2 rings (SSSR count). The molecule has 0 unspecified atom stereocenters. The Morgan fingerprint density at radius 3 is 1.90 bits per heavy atom. The van der Waals surface area contributed by atoms with Crippen LogP contribution in [0.4, 0.5) is 0 Å². The summed E-state index contributed by atoms with van der Waals surface area (Å²) >= 11 is 0. The molecule has 0 heterocycles. The van der Waals surface area contributed by atoms with Crippen LogP contribution < -0.4 is 0 Å². The molecule has 0 saturated heterocycles. The lowest BCUT2D eigenvalue weighted by molar-refractivity contribution is -0.0310. The summed E-state index contributed by atoms with van der Waals surface area (Å²) in [5, 5.41) is 18.5. The van der Waals surface area contributed by atoms with Crippen LogP contribution in [0.2, 0.25) is 0 Å². The van der Waals surface area contributed by atoms with Gasteiger partial charge in [0.05, 0.1) is 25.4 Å². The maximum absolute atomic E-state index is 9.68. The maximum atomic E-state index is 9.68. The van der Waals surface area contributed by atoms with Crippen LogP contribution in [0.3, 0.4) is 0 Å². The van der Waals surface area contributed by atoms with Gasteiger partial charge in [0.1, 0.15) is 0 Å². The molecule has 118 valence electrons. The summed E-state index contributed by atoms with van der Waals surface area (Å²) in [6, 6.07) is 0. The fraction of sp³-hybridized carbons (Fsp3) is 1.00. The minimum atomic E-state index is -0.0512. The smallest absolute Gasteiger partial charge is 0.0701 e. The molecule has 0 atom stereocenters. The molecule has 2 saturated carbocycles. The molecule has 20 heavy (non-hydrogen) atoms. The predicted molar refractivity (Wildman–Crippen MR) is 80.5 cm³/mol. The first-order valence-electron chi connectivity index (χ1n) is 8.44. The first-order chi connectivity index (χ1) is 9.54. The van der Waals surface area contributed by atoms with E-state index < -0.39 is 0 Å². The molecule has 0 radical (unpaired) electrons. The van der Waals surface area contributed by atoms with Gasteiger partial charge in [-0.2, -0.15) is 0 Å². The molecule has 0 bridgehead atoms. The van der Waals surface area contributed by atoms with Crippen LogP contribution >= 0.6 is 0 Å². The Balaban J connectivity index is 1.82. The average molecular weight is 284 g/mol. The highest BCUT2D eigenvalue weighted by molar-refractivity contribution is 4.90. The first-order valence-corrected chi connectivity index (χ1v) is 8.44. The van der Waals surface area contributed by atoms with Crippen molar-refractivity contribution in [3.63, 3.8) is 0 Å². The van der Waals surface area contributed by atoms with E-state index in [9.17, 15) is 5.11 Å². The third kappa shape index (κ3) is 3.96. The van der Waals surface area contributed by atoms with E-state index in [4.69, 9.17) is 9.84 Å². The van der Waals surface area contributed by atoms with E-state index in [1.165, 1.54) is 25.7 Å². The normalized spacial score (nSPS) is 36.0. The van der Waals surface area contributed by atoms with Crippen LogP contribution in [0.15, 0.2) is 0 Å². The van der Waals surface area contributed by atoms with Crippen LogP contribution in [0.5, 0.6) is 0 Å². The van der Waals surface area contributed by atoms with Gasteiger partial charge in [-0.05, 0) is 68.6 Å². The van der Waals surface area contributed by atoms with E-state index in [2.05, 4.69) is 13.8 Å². The lowest BCUT2D eigenvalue weighted by atomic mass is 9.60. The molecule has 0 aliphatic heterocycles. The second kappa shape index (κ2) is 7.24. The largest absolute Gasteiger partial charge is 0.394 e. The van der Waals surface area contributed by atoms with Crippen molar-refractivity contribution in [3.05, 3.63) is 0 Å². The number of aliphatic hydroxyl groups excluding tert-OH is 2. The van der Waals surface area contributed by atoms with E-state index in [0.29, 0.717) is 18.1 Å². The first kappa shape index (κ1) is 16.3. The molecule has 2 N–H and O–H groups in total. The van der Waals surface area contributed by atoms with Crippen molar-refractivity contribution in [2.45, 2.75) is 77.4 Å². The van der Waals surface area contributed by atoms with Crippen molar-refractivity contribution in [1.82, 2.24) is 0 Å². The second-order valence-electron chi connectivity index (χ2n) is 7.39. The van der Waals surface area contributed by atoms with E-state index in [1.54, 1.807) is 0 Å². The van der Waals surface area contributed by atoms with Crippen molar-refractivity contribution in [2.75, 3.05) is 13.2 Å². The quantitative estimate of drug-likeness (QED) is 0.815. The molecule has 2 aliphatic rings. The number of hydrogen-bond donors (Lipinski definition) is 2. The highest BCUT2D eigenvalue weighted by atomic mass is 16.5. The Morgan fingerprint density at radius 2 is 1.40 bits per heavy atom. The van der Waals surface area contributed by atoms with Gasteiger partial charge in [0.25, 0.3) is 0 Å². The van der Waals surface area contributed by atoms with Crippen molar-refractivity contribution in [3.8, 4) is 0 Å². The lowest BCUT2D eigenvalue weighted by Gasteiger charge is -2.46. The molecule has 3 nitrogen and oxygen atoms in total. The fourth-order valence-corrected chi connectivity index (χ4v) is 4.35. The number of aliphatic hydroxyl groups is 2. The third-order valence-electron chi connectivity index (χ3n) is 5.92. The van der Waals surface area contributed by atoms with Crippen LogP contribution in [-0.2, 0) is 4.74 Å². The molecule has 0 amide bonds. The summed E-state index contributed by atoms with van der Waals surface area (Å²) in [5.74, 6) is 1.56. The molecule has 0 aromatic heterocycles. The monoisotopic (exact) mass is 284 g/mol. The Labute approximate surface area is 123 Å². The summed E-state index contributed by atoms with van der Waals surface area (Å²) in [4.78, 5) is 0. The highest BCUT2D eigenvalue weighted by Crippen LogP contribution is 2.48. The number of hydrogen-bond acceptors (Lipinski definition) is 3. The predicted octanol–water partition coefficient (Wildman–Crippen LogP) is 3.13. The minimum Gasteiger partial charge on any atom is -0.394 e. The number of ether oxygens (including phenoxy) is 1. The molecular formula is C17H32O3. The summed E-state index contributed by atoms with van der Waals surface area (Å²) in [6.07, 6.45) is 9.46. The van der Waals surface area contributed by atoms with Crippen LogP contribution in [0.1, 0.15) is 65.2 Å². The zero-order valence-corrected chi connectivity index (χ0v) is 13.2. The molecule has 2 aliphatic carbocycles. The van der Waals surface area contributed by atoms with Gasteiger partial charge in [-0.1, -0.05) is 13.8 Å². The van der Waals surface area contributed by atoms with Crippen LogP contribution in [0.25, 0.3) is 0 Å². The van der Waals surface area contributed by atoms with Gasteiger partial charge >= 0.3 is 0 Å². The van der Waals surface area contributed by atoms with Gasteiger partial charge < -0.3 is 14.9 Å². The van der Waals surface area contributed by atoms with E-state index >= 15 is 0 Å². The Hall–Kier alpha value is -0.120. The Morgan fingerprint density at radius 1 is 0.900 bits per heavy atom. The van der Waals surface area contributed by atoms with E-state index in [0.717, 1.165) is 37.5 Å². The molecule has 0 spiro atoms. The minimum absolute atomic E-state index is 0.0512. The van der Waals surface area contributed by atoms with Crippen molar-refractivity contribution >= 4 is 0 Å². The van der Waals surface area contributed by atoms with E-state index in [-0.39, 0.29) is 12.7 Å². The fourth-order valence-electron chi connectivity index (χ4n) is 4.35. The summed E-state index contributed by atoms with van der Waals surface area (Å²) in [7, 11) is 0. The van der Waals surface area contributed by atoms with Gasteiger partial charge in [-0.25, -0.2) is 0 Å². The van der Waals surface area contributed by atoms with Crippen molar-refractivity contribution in [1.29, 1.82) is 0 Å². The molecule has 0 aromatic rings. The van der Waals surface area contributed by atoms with Crippen molar-refractivity contribution in [2.24, 2.45) is 17.3 Å². The van der Waals surface area contributed by atoms with Gasteiger partial charge in [-0.3, -0.25) is 0 Å². The molecule has 0 aromatic carbocycles. The van der Waals surface area contributed by atoms with Gasteiger partial charge in [0, 0.05) is 0 Å². The SMILES string of the molecule is CC(C)(C1CCC(O)CC1)C1CCC(OCCO)CC1. The second-order valence-corrected chi connectivity index (χ2v) is 7.39. The van der Waals surface area contributed by atoms with Gasteiger partial charge in [0.15, 0.2) is 0 Å². The standard InChI is InChI=1S/C17H32O3/c1-17(2,13-3-7-15(19)8-4-13)14-5-9-16(10-6-14)20-12-11-18/h13-16,18-19H,3-12H2,1-2H3. The van der Waals surface area contributed by atoms with E-state index in [1.807, 2.05) is 0 Å². The maximum Gasteiger partial charge on any atom is 0.0701 e. The topological polar surface area (TPSA) is 49.7 Å². The molecule has 2 fully saturated rings. The average Bonchev–Trinajstić information content (AvgIpc) is 2.46. The van der Waals surface area contributed by atoms with Crippen molar-refractivity contribution < 1.29 is 14.9 Å². The molecule has 3 heteroatoms. The lowest BCUT2D eigenvalue weighted by Crippen LogP contribution is -2.38. The molecular weight excluding hydrogens is 252 g/mol. The van der Waals surface area contributed by atoms with Crippen LogP contribution in [-0.4, -0.2) is 35.6 Å². The van der Waals surface area contributed by atoms with Gasteiger partial charge in [0.2, 0.25) is 0 Å². The Bertz CT molecular complexity index is 274. The zero-order valence-electron chi connectivity index (χ0n) is 13.2. The summed E-state index contributed by atoms with van der Waals surface area (Å²) in [6.45, 7) is 5.50. The summed E-state index contributed by atoms with van der Waals surface area (Å²) in [5.41, 5.74) is 0.391. The third-order valence-corrected chi connectivity index (χ3v) is 5.92.